The largest absolute Gasteiger partial charge is 0.351 e. The number of pyridine rings is 1. The van der Waals surface area contributed by atoms with E-state index in [9.17, 15) is 4.79 Å². The van der Waals surface area contributed by atoms with E-state index in [-0.39, 0.29) is 11.6 Å². The molecule has 2 aromatic rings. The summed E-state index contributed by atoms with van der Waals surface area (Å²) in [7, 11) is 0. The van der Waals surface area contributed by atoms with Crippen molar-refractivity contribution in [3.8, 4) is 11.3 Å². The van der Waals surface area contributed by atoms with Crippen LogP contribution in [0.15, 0.2) is 42.6 Å². The zero-order valence-electron chi connectivity index (χ0n) is 14.2. The first-order chi connectivity index (χ1) is 11.5. The summed E-state index contributed by atoms with van der Waals surface area (Å²) in [6.07, 6.45) is 5.03. The van der Waals surface area contributed by atoms with Gasteiger partial charge in [-0.2, -0.15) is 0 Å². The average Bonchev–Trinajstić information content (AvgIpc) is 2.55. The molecule has 4 nitrogen and oxygen atoms in total. The lowest BCUT2D eigenvalue weighted by Crippen LogP contribution is -2.72. The minimum Gasteiger partial charge on any atom is -0.351 e. The molecule has 2 amide bonds. The molecule has 3 aliphatic rings. The van der Waals surface area contributed by atoms with Crippen LogP contribution in [0.5, 0.6) is 0 Å². The Bertz CT molecular complexity index is 789. The number of nitrogens with two attached hydrogens (primary N) is 1. The van der Waals surface area contributed by atoms with Crippen LogP contribution < -0.4 is 5.73 Å². The maximum atomic E-state index is 12.1. The second-order valence-electron chi connectivity index (χ2n) is 7.21. The Labute approximate surface area is 142 Å². The molecule has 3 heterocycles. The number of carbonyl (C=O) groups is 1. The summed E-state index contributed by atoms with van der Waals surface area (Å²) in [4.78, 5) is 18.5. The van der Waals surface area contributed by atoms with Crippen molar-refractivity contribution in [2.45, 2.75) is 44.7 Å². The van der Waals surface area contributed by atoms with Crippen LogP contribution in [0.25, 0.3) is 11.3 Å². The van der Waals surface area contributed by atoms with E-state index < -0.39 is 0 Å². The topological polar surface area (TPSA) is 59.2 Å². The molecule has 0 unspecified atom stereocenters. The van der Waals surface area contributed by atoms with Gasteiger partial charge in [-0.25, -0.2) is 4.79 Å². The smallest absolute Gasteiger partial charge is 0.315 e. The minimum atomic E-state index is -0.294. The second kappa shape index (κ2) is 5.33. The Morgan fingerprint density at radius 2 is 2.12 bits per heavy atom. The van der Waals surface area contributed by atoms with Gasteiger partial charge in [0.25, 0.3) is 0 Å². The number of hydrogen-bond acceptors (Lipinski definition) is 2. The van der Waals surface area contributed by atoms with Gasteiger partial charge in [0.05, 0.1) is 11.2 Å². The first-order valence-corrected chi connectivity index (χ1v) is 8.65. The van der Waals surface area contributed by atoms with E-state index in [0.717, 1.165) is 30.5 Å². The highest BCUT2D eigenvalue weighted by molar-refractivity contribution is 5.76. The van der Waals surface area contributed by atoms with Crippen LogP contribution in [-0.4, -0.2) is 22.0 Å². The van der Waals surface area contributed by atoms with Gasteiger partial charge < -0.3 is 10.6 Å². The Balaban J connectivity index is 1.83. The van der Waals surface area contributed by atoms with E-state index >= 15 is 0 Å². The van der Waals surface area contributed by atoms with Crippen LogP contribution in [0.2, 0.25) is 0 Å². The van der Waals surface area contributed by atoms with Gasteiger partial charge in [0.2, 0.25) is 0 Å². The fraction of sp³-hybridized carbons (Fsp3) is 0.400. The number of carbonyl (C=O) groups excluding carboxylic acids is 1. The zero-order chi connectivity index (χ0) is 16.9. The lowest BCUT2D eigenvalue weighted by molar-refractivity contribution is -0.113. The third kappa shape index (κ3) is 1.98. The molecule has 3 atom stereocenters. The summed E-state index contributed by atoms with van der Waals surface area (Å²) in [5.41, 5.74) is 9.97. The lowest BCUT2D eigenvalue weighted by Gasteiger charge is -2.64. The summed E-state index contributed by atoms with van der Waals surface area (Å²) < 4.78 is 0. The molecule has 0 radical (unpaired) electrons. The average molecular weight is 321 g/mol. The standard InChI is InChI=1S/C20H23N3O/c1-13-6-8-15(11-17(13)18-5-3-4-10-22-18)20-12-16(9-7-14(20)2)23(20)19(21)24/h3-6,8,10-11,14,16H,7,9,12H2,1-2H3,(H2,21,24)/t14-,16+,20+/m1/s1. The molecule has 1 aromatic carbocycles. The van der Waals surface area contributed by atoms with E-state index in [2.05, 4.69) is 37.0 Å². The van der Waals surface area contributed by atoms with Gasteiger partial charge in [0.1, 0.15) is 0 Å². The van der Waals surface area contributed by atoms with Crippen molar-refractivity contribution >= 4 is 6.03 Å². The van der Waals surface area contributed by atoms with Crippen LogP contribution in [-0.2, 0) is 5.54 Å². The maximum Gasteiger partial charge on any atom is 0.315 e. The summed E-state index contributed by atoms with van der Waals surface area (Å²) in [5, 5.41) is 0. The van der Waals surface area contributed by atoms with Crippen LogP contribution >= 0.6 is 0 Å². The number of urea groups is 1. The second-order valence-corrected chi connectivity index (χ2v) is 7.21. The number of primary amides is 1. The predicted molar refractivity (Wildman–Crippen MR) is 94.3 cm³/mol. The van der Waals surface area contributed by atoms with Crippen LogP contribution in [0, 0.1) is 12.8 Å². The molecule has 124 valence electrons. The number of aryl methyl sites for hydroxylation is 1. The van der Waals surface area contributed by atoms with E-state index in [1.54, 1.807) is 0 Å². The van der Waals surface area contributed by atoms with E-state index in [0.29, 0.717) is 12.0 Å². The molecule has 0 spiro atoms. The number of piperidine rings is 1. The minimum absolute atomic E-state index is 0.244. The van der Waals surface area contributed by atoms with E-state index in [4.69, 9.17) is 5.73 Å². The van der Waals surface area contributed by atoms with Crippen LogP contribution in [0.4, 0.5) is 4.79 Å². The number of benzene rings is 1. The van der Waals surface area contributed by atoms with Crippen molar-refractivity contribution in [2.24, 2.45) is 11.7 Å². The van der Waals surface area contributed by atoms with Crippen molar-refractivity contribution in [3.63, 3.8) is 0 Å². The molecule has 3 fully saturated rings. The third-order valence-electron chi connectivity index (χ3n) is 6.01. The third-order valence-corrected chi connectivity index (χ3v) is 6.01. The highest BCUT2D eigenvalue weighted by Gasteiger charge is 2.60. The molecule has 4 heteroatoms. The molecule has 1 aromatic heterocycles. The highest BCUT2D eigenvalue weighted by atomic mass is 16.2. The molecule has 2 N–H and O–H groups in total. The number of fused-ring (bicyclic) bond motifs is 2. The van der Waals surface area contributed by atoms with Gasteiger partial charge in [0.15, 0.2) is 0 Å². The van der Waals surface area contributed by atoms with Gasteiger partial charge in [-0.15, -0.1) is 0 Å². The number of hydrogen-bond donors (Lipinski definition) is 1. The summed E-state index contributed by atoms with van der Waals surface area (Å²) >= 11 is 0. The quantitative estimate of drug-likeness (QED) is 0.913. The van der Waals surface area contributed by atoms with E-state index in [1.165, 1.54) is 11.1 Å². The molecule has 1 aliphatic carbocycles. The summed E-state index contributed by atoms with van der Waals surface area (Å²) in [6, 6.07) is 12.5. The Kier molecular flexibility index (Phi) is 3.37. The number of aromatic nitrogens is 1. The number of amides is 2. The van der Waals surface area contributed by atoms with Crippen molar-refractivity contribution in [1.29, 1.82) is 0 Å². The monoisotopic (exact) mass is 321 g/mol. The van der Waals surface area contributed by atoms with Gasteiger partial charge in [-0.05, 0) is 61.4 Å². The van der Waals surface area contributed by atoms with Crippen molar-refractivity contribution in [2.75, 3.05) is 0 Å². The Hall–Kier alpha value is -2.36. The summed E-state index contributed by atoms with van der Waals surface area (Å²) in [5.74, 6) is 0.411. The van der Waals surface area contributed by atoms with E-state index in [1.807, 2.05) is 29.3 Å². The van der Waals surface area contributed by atoms with Gasteiger partial charge in [-0.1, -0.05) is 25.1 Å². The molecule has 24 heavy (non-hydrogen) atoms. The molecule has 2 aliphatic heterocycles. The van der Waals surface area contributed by atoms with Crippen LogP contribution in [0.1, 0.15) is 37.3 Å². The van der Waals surface area contributed by atoms with Crippen LogP contribution in [0.3, 0.4) is 0 Å². The Morgan fingerprint density at radius 3 is 2.79 bits per heavy atom. The Morgan fingerprint density at radius 1 is 1.29 bits per heavy atom. The maximum absolute atomic E-state index is 12.1. The van der Waals surface area contributed by atoms with Crippen molar-refractivity contribution in [1.82, 2.24) is 9.88 Å². The fourth-order valence-electron chi connectivity index (χ4n) is 4.72. The lowest BCUT2D eigenvalue weighted by atomic mass is 9.59. The van der Waals surface area contributed by atoms with Crippen molar-refractivity contribution < 1.29 is 4.79 Å². The number of rotatable bonds is 2. The molecule has 2 bridgehead atoms. The molecule has 2 saturated heterocycles. The molecular formula is C20H23N3O. The molecule has 5 rings (SSSR count). The fourth-order valence-corrected chi connectivity index (χ4v) is 4.72. The molecular weight excluding hydrogens is 298 g/mol. The number of nitrogens with zero attached hydrogens (tertiary/aromatic N) is 2. The predicted octanol–water partition coefficient (Wildman–Crippen LogP) is 3.84. The normalized spacial score (nSPS) is 28.3. The van der Waals surface area contributed by atoms with Gasteiger partial charge in [-0.3, -0.25) is 4.98 Å². The van der Waals surface area contributed by atoms with Gasteiger partial charge >= 0.3 is 6.03 Å². The van der Waals surface area contributed by atoms with Crippen molar-refractivity contribution in [3.05, 3.63) is 53.7 Å². The summed E-state index contributed by atoms with van der Waals surface area (Å²) in [6.45, 7) is 4.34. The first-order valence-electron chi connectivity index (χ1n) is 8.65. The zero-order valence-corrected chi connectivity index (χ0v) is 14.2. The molecule has 1 saturated carbocycles. The SMILES string of the molecule is Cc1ccc([C@]23C[C@H](CC[C@H]2C)N3C(N)=O)cc1-c1ccccn1. The van der Waals surface area contributed by atoms with Gasteiger partial charge in [0, 0.05) is 17.8 Å². The first kappa shape index (κ1) is 15.2. The highest BCUT2D eigenvalue weighted by Crippen LogP contribution is 2.57.